The smallest absolute Gasteiger partial charge is 0.248 e. The molecule has 1 heterocycles. The second kappa shape index (κ2) is 9.58. The van der Waals surface area contributed by atoms with Crippen molar-refractivity contribution >= 4 is 40.4 Å². The number of hydrogen-bond acceptors (Lipinski definition) is 5. The molecule has 0 unspecified atom stereocenters. The Kier molecular flexibility index (Phi) is 6.42. The van der Waals surface area contributed by atoms with E-state index in [0.29, 0.717) is 45.8 Å². The van der Waals surface area contributed by atoms with Gasteiger partial charge in [0.2, 0.25) is 11.8 Å². The SMILES string of the molecule is CCOc1ccc(/C=C/C(=O)Nc2ccc3oc(-c4cccc(Cl)c4)nc3c2)cc1OC. The molecule has 1 aromatic heterocycles. The molecule has 1 N–H and O–H groups in total. The summed E-state index contributed by atoms with van der Waals surface area (Å²) in [5.74, 6) is 1.47. The van der Waals surface area contributed by atoms with Crippen LogP contribution in [0, 0.1) is 0 Å². The lowest BCUT2D eigenvalue weighted by Crippen LogP contribution is -2.07. The summed E-state index contributed by atoms with van der Waals surface area (Å²) in [6.45, 7) is 2.45. The number of rotatable bonds is 7. The first-order chi connectivity index (χ1) is 15.6. The highest BCUT2D eigenvalue weighted by Gasteiger charge is 2.10. The van der Waals surface area contributed by atoms with Crippen LogP contribution in [0.15, 0.2) is 71.2 Å². The minimum absolute atomic E-state index is 0.268. The number of carbonyl (C=O) groups is 1. The minimum Gasteiger partial charge on any atom is -0.493 e. The number of anilines is 1. The van der Waals surface area contributed by atoms with Crippen molar-refractivity contribution < 1.29 is 18.7 Å². The van der Waals surface area contributed by atoms with E-state index in [1.807, 2.05) is 37.3 Å². The number of hydrogen-bond donors (Lipinski definition) is 1. The lowest BCUT2D eigenvalue weighted by molar-refractivity contribution is -0.111. The van der Waals surface area contributed by atoms with Crippen LogP contribution >= 0.6 is 11.6 Å². The highest BCUT2D eigenvalue weighted by molar-refractivity contribution is 6.30. The molecule has 0 saturated carbocycles. The molecule has 162 valence electrons. The number of benzene rings is 3. The molecule has 4 rings (SSSR count). The monoisotopic (exact) mass is 448 g/mol. The molecule has 0 aliphatic carbocycles. The summed E-state index contributed by atoms with van der Waals surface area (Å²) in [6, 6.07) is 18.1. The summed E-state index contributed by atoms with van der Waals surface area (Å²) in [5.41, 5.74) is 3.47. The summed E-state index contributed by atoms with van der Waals surface area (Å²) >= 11 is 6.05. The van der Waals surface area contributed by atoms with Crippen molar-refractivity contribution in [3.8, 4) is 23.0 Å². The summed E-state index contributed by atoms with van der Waals surface area (Å²) in [4.78, 5) is 16.9. The van der Waals surface area contributed by atoms with Gasteiger partial charge in [-0.2, -0.15) is 0 Å². The number of halogens is 1. The molecule has 0 saturated heterocycles. The van der Waals surface area contributed by atoms with Gasteiger partial charge < -0.3 is 19.2 Å². The number of methoxy groups -OCH3 is 1. The second-order valence-electron chi connectivity index (χ2n) is 6.88. The van der Waals surface area contributed by atoms with Crippen molar-refractivity contribution in [2.75, 3.05) is 19.0 Å². The van der Waals surface area contributed by atoms with Crippen LogP contribution in [0.3, 0.4) is 0 Å². The molecule has 1 amide bonds. The van der Waals surface area contributed by atoms with Crippen LogP contribution in [0.2, 0.25) is 5.02 Å². The van der Waals surface area contributed by atoms with E-state index in [1.165, 1.54) is 6.08 Å². The topological polar surface area (TPSA) is 73.6 Å². The van der Waals surface area contributed by atoms with E-state index >= 15 is 0 Å². The molecule has 0 radical (unpaired) electrons. The highest BCUT2D eigenvalue weighted by Crippen LogP contribution is 2.29. The first-order valence-corrected chi connectivity index (χ1v) is 10.4. The van der Waals surface area contributed by atoms with Gasteiger partial charge in [0.15, 0.2) is 17.1 Å². The van der Waals surface area contributed by atoms with Crippen LogP contribution in [0.1, 0.15) is 12.5 Å². The van der Waals surface area contributed by atoms with Crippen LogP contribution in [0.5, 0.6) is 11.5 Å². The lowest BCUT2D eigenvalue weighted by atomic mass is 10.2. The van der Waals surface area contributed by atoms with Gasteiger partial charge in [-0.15, -0.1) is 0 Å². The van der Waals surface area contributed by atoms with Crippen molar-refractivity contribution in [2.45, 2.75) is 6.92 Å². The fraction of sp³-hybridized carbons (Fsp3) is 0.120. The third kappa shape index (κ3) is 4.92. The average molecular weight is 449 g/mol. The molecule has 7 heteroatoms. The van der Waals surface area contributed by atoms with Crippen LogP contribution in [-0.4, -0.2) is 24.6 Å². The maximum absolute atomic E-state index is 12.4. The van der Waals surface area contributed by atoms with Gasteiger partial charge in [0.25, 0.3) is 0 Å². The summed E-state index contributed by atoms with van der Waals surface area (Å²) < 4.78 is 16.7. The fourth-order valence-corrected chi connectivity index (χ4v) is 3.36. The Balaban J connectivity index is 1.47. The number of aromatic nitrogens is 1. The third-order valence-electron chi connectivity index (χ3n) is 4.64. The Morgan fingerprint density at radius 3 is 2.78 bits per heavy atom. The van der Waals surface area contributed by atoms with E-state index in [9.17, 15) is 4.79 Å². The Hall–Kier alpha value is -3.77. The minimum atomic E-state index is -0.268. The molecule has 0 fully saturated rings. The van der Waals surface area contributed by atoms with E-state index in [2.05, 4.69) is 10.3 Å². The Morgan fingerprint density at radius 2 is 2.00 bits per heavy atom. The number of carbonyl (C=O) groups excluding carboxylic acids is 1. The number of fused-ring (bicyclic) bond motifs is 1. The van der Waals surface area contributed by atoms with E-state index in [1.54, 1.807) is 43.5 Å². The number of nitrogens with zero attached hydrogens (tertiary/aromatic N) is 1. The third-order valence-corrected chi connectivity index (χ3v) is 4.88. The van der Waals surface area contributed by atoms with Crippen molar-refractivity contribution in [1.82, 2.24) is 4.98 Å². The number of amides is 1. The normalized spacial score (nSPS) is 11.1. The second-order valence-corrected chi connectivity index (χ2v) is 7.31. The lowest BCUT2D eigenvalue weighted by Gasteiger charge is -2.09. The molecular formula is C25H21ClN2O4. The van der Waals surface area contributed by atoms with Crippen molar-refractivity contribution in [3.05, 3.63) is 77.3 Å². The fourth-order valence-electron chi connectivity index (χ4n) is 3.17. The zero-order valence-corrected chi connectivity index (χ0v) is 18.3. The predicted molar refractivity (Wildman–Crippen MR) is 126 cm³/mol. The van der Waals surface area contributed by atoms with Crippen molar-refractivity contribution in [2.24, 2.45) is 0 Å². The van der Waals surface area contributed by atoms with Gasteiger partial charge in [-0.05, 0) is 67.1 Å². The summed E-state index contributed by atoms with van der Waals surface area (Å²) in [5, 5.41) is 3.44. The molecule has 0 spiro atoms. The Morgan fingerprint density at radius 1 is 1.12 bits per heavy atom. The molecule has 0 bridgehead atoms. The van der Waals surface area contributed by atoms with Crippen molar-refractivity contribution in [1.29, 1.82) is 0 Å². The van der Waals surface area contributed by atoms with Gasteiger partial charge in [0.05, 0.1) is 13.7 Å². The average Bonchev–Trinajstić information content (AvgIpc) is 3.22. The van der Waals surface area contributed by atoms with E-state index in [-0.39, 0.29) is 5.91 Å². The Bertz CT molecular complexity index is 1300. The van der Waals surface area contributed by atoms with Gasteiger partial charge in [0, 0.05) is 22.3 Å². The maximum Gasteiger partial charge on any atom is 0.248 e. The number of ether oxygens (including phenoxy) is 2. The van der Waals surface area contributed by atoms with E-state index in [4.69, 9.17) is 25.5 Å². The number of nitrogens with one attached hydrogen (secondary N) is 1. The van der Waals surface area contributed by atoms with Gasteiger partial charge in [-0.25, -0.2) is 4.98 Å². The molecule has 3 aromatic carbocycles. The number of oxazole rings is 1. The predicted octanol–water partition coefficient (Wildman–Crippen LogP) is 6.21. The highest BCUT2D eigenvalue weighted by atomic mass is 35.5. The zero-order valence-electron chi connectivity index (χ0n) is 17.6. The van der Waals surface area contributed by atoms with Crippen LogP contribution in [0.4, 0.5) is 5.69 Å². The molecular weight excluding hydrogens is 428 g/mol. The van der Waals surface area contributed by atoms with Crippen LogP contribution < -0.4 is 14.8 Å². The van der Waals surface area contributed by atoms with Gasteiger partial charge in [-0.1, -0.05) is 23.7 Å². The zero-order chi connectivity index (χ0) is 22.5. The first kappa shape index (κ1) is 21.5. The molecule has 0 aliphatic rings. The van der Waals surface area contributed by atoms with Crippen LogP contribution in [-0.2, 0) is 4.79 Å². The van der Waals surface area contributed by atoms with E-state index in [0.717, 1.165) is 11.1 Å². The summed E-state index contributed by atoms with van der Waals surface area (Å²) in [7, 11) is 1.58. The van der Waals surface area contributed by atoms with Gasteiger partial charge in [0.1, 0.15) is 5.52 Å². The quantitative estimate of drug-likeness (QED) is 0.340. The summed E-state index contributed by atoms with van der Waals surface area (Å²) in [6.07, 6.45) is 3.17. The molecule has 6 nitrogen and oxygen atoms in total. The molecule has 0 atom stereocenters. The van der Waals surface area contributed by atoms with Gasteiger partial charge in [-0.3, -0.25) is 4.79 Å². The van der Waals surface area contributed by atoms with Gasteiger partial charge >= 0.3 is 0 Å². The maximum atomic E-state index is 12.4. The molecule has 0 aliphatic heterocycles. The first-order valence-electron chi connectivity index (χ1n) is 10.0. The largest absolute Gasteiger partial charge is 0.493 e. The van der Waals surface area contributed by atoms with Crippen LogP contribution in [0.25, 0.3) is 28.6 Å². The molecule has 32 heavy (non-hydrogen) atoms. The Labute approximate surface area is 190 Å². The van der Waals surface area contributed by atoms with E-state index < -0.39 is 0 Å². The van der Waals surface area contributed by atoms with Crippen molar-refractivity contribution in [3.63, 3.8) is 0 Å². The standard InChI is InChI=1S/C25H21ClN2O4/c1-3-31-22-10-7-16(13-23(22)30-2)8-12-24(29)27-19-9-11-21-20(15-19)28-25(32-21)17-5-4-6-18(26)14-17/h4-15H,3H2,1-2H3,(H,27,29)/b12-8+. The molecule has 4 aromatic rings.